The van der Waals surface area contributed by atoms with E-state index in [4.69, 9.17) is 9.84 Å². The molecule has 5 heteroatoms. The maximum Gasteiger partial charge on any atom is 0.254 e. The average Bonchev–Trinajstić information content (AvgIpc) is 3.27. The SMILES string of the molecule is O=C(c1ccc(OCCCO)cc1)N1CCCC1CN1CCCC1. The molecule has 0 bridgehead atoms. The fourth-order valence-electron chi connectivity index (χ4n) is 3.67. The van der Waals surface area contributed by atoms with Gasteiger partial charge < -0.3 is 19.6 Å². The number of benzene rings is 1. The second-order valence-corrected chi connectivity index (χ2v) is 6.75. The summed E-state index contributed by atoms with van der Waals surface area (Å²) in [6.07, 6.45) is 5.42. The maximum atomic E-state index is 12.8. The molecule has 2 aliphatic rings. The Labute approximate surface area is 144 Å². The monoisotopic (exact) mass is 332 g/mol. The molecule has 2 heterocycles. The van der Waals surface area contributed by atoms with Crippen molar-refractivity contribution in [2.75, 3.05) is 39.4 Å². The highest BCUT2D eigenvalue weighted by atomic mass is 16.5. The quantitative estimate of drug-likeness (QED) is 0.778. The van der Waals surface area contributed by atoms with Crippen molar-refractivity contribution in [1.29, 1.82) is 0 Å². The number of amides is 1. The zero-order chi connectivity index (χ0) is 16.8. The Hall–Kier alpha value is -1.59. The summed E-state index contributed by atoms with van der Waals surface area (Å²) < 4.78 is 5.52. The molecule has 1 N–H and O–H groups in total. The lowest BCUT2D eigenvalue weighted by Gasteiger charge is -2.28. The third-order valence-corrected chi connectivity index (χ3v) is 4.98. The van der Waals surface area contributed by atoms with E-state index in [1.54, 1.807) is 0 Å². The fraction of sp³-hybridized carbons (Fsp3) is 0.632. The number of nitrogens with zero attached hydrogens (tertiary/aromatic N) is 2. The standard InChI is InChI=1S/C19H28N2O3/c22-13-4-14-24-18-8-6-16(7-9-18)19(23)21-12-3-5-17(21)15-20-10-1-2-11-20/h6-9,17,22H,1-5,10-15H2. The summed E-state index contributed by atoms with van der Waals surface area (Å²) in [7, 11) is 0. The molecule has 0 aromatic heterocycles. The van der Waals surface area contributed by atoms with Crippen LogP contribution in [0.3, 0.4) is 0 Å². The summed E-state index contributed by atoms with van der Waals surface area (Å²) >= 11 is 0. The number of aliphatic hydroxyl groups excluding tert-OH is 1. The lowest BCUT2D eigenvalue weighted by Crippen LogP contribution is -2.42. The Balaban J connectivity index is 1.57. The highest BCUT2D eigenvalue weighted by Crippen LogP contribution is 2.23. The van der Waals surface area contributed by atoms with Gasteiger partial charge in [0.05, 0.1) is 6.61 Å². The topological polar surface area (TPSA) is 53.0 Å². The van der Waals surface area contributed by atoms with Gasteiger partial charge in [-0.15, -0.1) is 0 Å². The van der Waals surface area contributed by atoms with Gasteiger partial charge in [0.25, 0.3) is 5.91 Å². The third kappa shape index (κ3) is 4.28. The predicted octanol–water partition coefficient (Wildman–Crippen LogP) is 2.15. The van der Waals surface area contributed by atoms with Gasteiger partial charge in [0.2, 0.25) is 0 Å². The van der Waals surface area contributed by atoms with Gasteiger partial charge in [0, 0.05) is 37.7 Å². The van der Waals surface area contributed by atoms with Crippen molar-refractivity contribution >= 4 is 5.91 Å². The van der Waals surface area contributed by atoms with E-state index in [1.165, 1.54) is 25.9 Å². The Morgan fingerprint density at radius 1 is 1.12 bits per heavy atom. The van der Waals surface area contributed by atoms with Gasteiger partial charge >= 0.3 is 0 Å². The zero-order valence-corrected chi connectivity index (χ0v) is 14.3. The number of hydrogen-bond donors (Lipinski definition) is 1. The number of rotatable bonds is 7. The van der Waals surface area contributed by atoms with Crippen molar-refractivity contribution < 1.29 is 14.6 Å². The van der Waals surface area contributed by atoms with E-state index in [2.05, 4.69) is 9.80 Å². The normalized spacial score (nSPS) is 21.4. The minimum atomic E-state index is 0.129. The number of carbonyl (C=O) groups excluding carboxylic acids is 1. The molecule has 0 aliphatic carbocycles. The van der Waals surface area contributed by atoms with Crippen molar-refractivity contribution in [3.63, 3.8) is 0 Å². The smallest absolute Gasteiger partial charge is 0.254 e. The summed E-state index contributed by atoms with van der Waals surface area (Å²) in [6, 6.07) is 7.74. The molecule has 2 aliphatic heterocycles. The van der Waals surface area contributed by atoms with Crippen molar-refractivity contribution in [2.24, 2.45) is 0 Å². The number of likely N-dealkylation sites (tertiary alicyclic amines) is 2. The third-order valence-electron chi connectivity index (χ3n) is 4.98. The van der Waals surface area contributed by atoms with E-state index in [1.807, 2.05) is 24.3 Å². The van der Waals surface area contributed by atoms with Crippen LogP contribution >= 0.6 is 0 Å². The fourth-order valence-corrected chi connectivity index (χ4v) is 3.67. The summed E-state index contributed by atoms with van der Waals surface area (Å²) in [5.74, 6) is 0.883. The Morgan fingerprint density at radius 2 is 1.88 bits per heavy atom. The van der Waals surface area contributed by atoms with Gasteiger partial charge in [-0.05, 0) is 63.0 Å². The van der Waals surface area contributed by atoms with E-state index in [0.717, 1.165) is 37.2 Å². The lowest BCUT2D eigenvalue weighted by molar-refractivity contribution is 0.0708. The highest BCUT2D eigenvalue weighted by Gasteiger charge is 2.31. The molecule has 0 spiro atoms. The molecule has 1 amide bonds. The first-order chi connectivity index (χ1) is 11.8. The summed E-state index contributed by atoms with van der Waals surface area (Å²) in [5, 5.41) is 8.78. The first-order valence-corrected chi connectivity index (χ1v) is 9.15. The van der Waals surface area contributed by atoms with Crippen molar-refractivity contribution in [3.8, 4) is 5.75 Å². The van der Waals surface area contributed by atoms with Crippen LogP contribution in [-0.4, -0.2) is 66.2 Å². The summed E-state index contributed by atoms with van der Waals surface area (Å²) in [5.41, 5.74) is 0.734. The van der Waals surface area contributed by atoms with Gasteiger partial charge in [-0.2, -0.15) is 0 Å². The summed E-state index contributed by atoms with van der Waals surface area (Å²) in [4.78, 5) is 17.4. The first-order valence-electron chi connectivity index (χ1n) is 9.15. The van der Waals surface area contributed by atoms with Crippen LogP contribution in [0.4, 0.5) is 0 Å². The molecule has 2 fully saturated rings. The zero-order valence-electron chi connectivity index (χ0n) is 14.3. The molecule has 2 saturated heterocycles. The van der Waals surface area contributed by atoms with Gasteiger partial charge in [-0.25, -0.2) is 0 Å². The Bertz CT molecular complexity index is 526. The molecule has 132 valence electrons. The molecule has 0 saturated carbocycles. The van der Waals surface area contributed by atoms with Crippen LogP contribution in [0.1, 0.15) is 42.5 Å². The van der Waals surface area contributed by atoms with Gasteiger partial charge in [0.15, 0.2) is 0 Å². The van der Waals surface area contributed by atoms with Gasteiger partial charge in [-0.3, -0.25) is 4.79 Å². The Morgan fingerprint density at radius 3 is 2.58 bits per heavy atom. The van der Waals surface area contributed by atoms with Crippen LogP contribution in [0.25, 0.3) is 0 Å². The number of carbonyl (C=O) groups is 1. The highest BCUT2D eigenvalue weighted by molar-refractivity contribution is 5.94. The largest absolute Gasteiger partial charge is 0.494 e. The molecule has 1 aromatic carbocycles. The van der Waals surface area contributed by atoms with Crippen molar-refractivity contribution in [2.45, 2.75) is 38.1 Å². The second-order valence-electron chi connectivity index (χ2n) is 6.75. The van der Waals surface area contributed by atoms with Crippen LogP contribution in [0.5, 0.6) is 5.75 Å². The van der Waals surface area contributed by atoms with E-state index in [-0.39, 0.29) is 12.5 Å². The van der Waals surface area contributed by atoms with E-state index < -0.39 is 0 Å². The molecule has 1 atom stereocenters. The number of hydrogen-bond acceptors (Lipinski definition) is 4. The maximum absolute atomic E-state index is 12.8. The minimum absolute atomic E-state index is 0.129. The van der Waals surface area contributed by atoms with E-state index in [9.17, 15) is 4.79 Å². The first kappa shape index (κ1) is 17.2. The van der Waals surface area contributed by atoms with E-state index in [0.29, 0.717) is 19.1 Å². The second kappa shape index (κ2) is 8.49. The van der Waals surface area contributed by atoms with Crippen LogP contribution < -0.4 is 4.74 Å². The number of aliphatic hydroxyl groups is 1. The molecule has 1 unspecified atom stereocenters. The van der Waals surface area contributed by atoms with Crippen LogP contribution in [0.15, 0.2) is 24.3 Å². The van der Waals surface area contributed by atoms with E-state index >= 15 is 0 Å². The molecule has 5 nitrogen and oxygen atoms in total. The van der Waals surface area contributed by atoms with Crippen LogP contribution in [-0.2, 0) is 0 Å². The molecule has 1 aromatic rings. The lowest BCUT2D eigenvalue weighted by atomic mass is 10.1. The Kier molecular flexibility index (Phi) is 6.10. The predicted molar refractivity (Wildman–Crippen MR) is 93.4 cm³/mol. The minimum Gasteiger partial charge on any atom is -0.494 e. The molecule has 0 radical (unpaired) electrons. The number of ether oxygens (including phenoxy) is 1. The van der Waals surface area contributed by atoms with Crippen molar-refractivity contribution in [1.82, 2.24) is 9.80 Å². The van der Waals surface area contributed by atoms with Crippen LogP contribution in [0.2, 0.25) is 0 Å². The molecular weight excluding hydrogens is 304 g/mol. The molecular formula is C19H28N2O3. The summed E-state index contributed by atoms with van der Waals surface area (Å²) in [6.45, 7) is 4.87. The molecule has 24 heavy (non-hydrogen) atoms. The van der Waals surface area contributed by atoms with Crippen molar-refractivity contribution in [3.05, 3.63) is 29.8 Å². The average molecular weight is 332 g/mol. The van der Waals surface area contributed by atoms with Gasteiger partial charge in [-0.1, -0.05) is 0 Å². The van der Waals surface area contributed by atoms with Crippen LogP contribution in [0, 0.1) is 0 Å². The van der Waals surface area contributed by atoms with Gasteiger partial charge in [0.1, 0.15) is 5.75 Å². The molecule has 3 rings (SSSR count).